The number of carbonyl (C=O) groups is 2. The van der Waals surface area contributed by atoms with Crippen molar-refractivity contribution in [2.24, 2.45) is 0 Å². The van der Waals surface area contributed by atoms with Gasteiger partial charge in [0.25, 0.3) is 5.91 Å². The molecule has 3 N–H and O–H groups in total. The lowest BCUT2D eigenvalue weighted by atomic mass is 10.1. The molecule has 0 spiro atoms. The number of rotatable bonds is 5. The number of nitrogens with one attached hydrogen (secondary N) is 2. The second kappa shape index (κ2) is 6.47. The summed E-state index contributed by atoms with van der Waals surface area (Å²) >= 11 is 0. The summed E-state index contributed by atoms with van der Waals surface area (Å²) in [7, 11) is 0. The predicted molar refractivity (Wildman–Crippen MR) is 75.4 cm³/mol. The van der Waals surface area contributed by atoms with E-state index in [0.717, 1.165) is 6.08 Å². The lowest BCUT2D eigenvalue weighted by molar-refractivity contribution is -0.131. The highest BCUT2D eigenvalue weighted by Crippen LogP contribution is 2.09. The number of aliphatic carboxylic acids is 1. The maximum atomic E-state index is 12.1. The molecule has 0 aromatic carbocycles. The van der Waals surface area contributed by atoms with Gasteiger partial charge in [-0.15, -0.1) is 0 Å². The van der Waals surface area contributed by atoms with Crippen LogP contribution in [-0.2, 0) is 4.79 Å². The maximum absolute atomic E-state index is 12.1. The number of amides is 1. The summed E-state index contributed by atoms with van der Waals surface area (Å²) in [5.41, 5.74) is 0.886. The van der Waals surface area contributed by atoms with Crippen LogP contribution in [0.25, 0.3) is 6.08 Å². The van der Waals surface area contributed by atoms with Gasteiger partial charge in [0, 0.05) is 30.9 Å². The van der Waals surface area contributed by atoms with Crippen LogP contribution in [0.3, 0.4) is 0 Å². The van der Waals surface area contributed by atoms with E-state index in [2.05, 4.69) is 20.3 Å². The molecule has 2 aromatic heterocycles. The highest BCUT2D eigenvalue weighted by Gasteiger charge is 2.13. The van der Waals surface area contributed by atoms with Gasteiger partial charge in [0.05, 0.1) is 11.6 Å². The third-order valence-corrected chi connectivity index (χ3v) is 2.72. The molecule has 0 saturated heterocycles. The molecule has 108 valence electrons. The van der Waals surface area contributed by atoms with Crippen LogP contribution in [0.4, 0.5) is 0 Å². The van der Waals surface area contributed by atoms with Gasteiger partial charge in [-0.05, 0) is 24.6 Å². The van der Waals surface area contributed by atoms with Crippen LogP contribution in [0.2, 0.25) is 0 Å². The third-order valence-electron chi connectivity index (χ3n) is 2.72. The number of carboxylic acid groups (broad SMARTS) is 1. The number of aromatic nitrogens is 3. The van der Waals surface area contributed by atoms with Gasteiger partial charge in [0.2, 0.25) is 0 Å². The van der Waals surface area contributed by atoms with Crippen LogP contribution in [0.1, 0.15) is 34.7 Å². The molecule has 2 heterocycles. The van der Waals surface area contributed by atoms with Crippen LogP contribution in [0.5, 0.6) is 0 Å². The number of imidazole rings is 1. The van der Waals surface area contributed by atoms with Gasteiger partial charge < -0.3 is 15.4 Å². The Balaban J connectivity index is 2.09. The van der Waals surface area contributed by atoms with Gasteiger partial charge in [0.15, 0.2) is 0 Å². The molecule has 7 heteroatoms. The van der Waals surface area contributed by atoms with Crippen LogP contribution < -0.4 is 5.32 Å². The summed E-state index contributed by atoms with van der Waals surface area (Å²) in [4.78, 5) is 33.5. The lowest BCUT2D eigenvalue weighted by Gasteiger charge is -2.11. The van der Waals surface area contributed by atoms with Crippen molar-refractivity contribution < 1.29 is 14.7 Å². The Morgan fingerprint density at radius 3 is 2.90 bits per heavy atom. The highest BCUT2D eigenvalue weighted by atomic mass is 16.4. The van der Waals surface area contributed by atoms with Crippen molar-refractivity contribution >= 4 is 18.0 Å². The van der Waals surface area contributed by atoms with Crippen LogP contribution in [0.15, 0.2) is 36.9 Å². The molecule has 1 unspecified atom stereocenters. The number of carboxylic acids is 1. The molecule has 7 nitrogen and oxygen atoms in total. The first-order valence-electron chi connectivity index (χ1n) is 6.22. The summed E-state index contributed by atoms with van der Waals surface area (Å²) in [6, 6.07) is 1.29. The van der Waals surface area contributed by atoms with Crippen molar-refractivity contribution in [1.82, 2.24) is 20.3 Å². The molecule has 0 saturated carbocycles. The standard InChI is InChI=1S/C14H14N4O3/c1-9(13-16-4-5-17-13)18-14(21)11-6-10(7-15-8-11)2-3-12(19)20/h2-9H,1H3,(H,16,17)(H,18,21)(H,19,20)/b3-2+. The minimum absolute atomic E-state index is 0.272. The number of hydrogen-bond donors (Lipinski definition) is 3. The van der Waals surface area contributed by atoms with Crippen molar-refractivity contribution in [3.63, 3.8) is 0 Å². The molecule has 2 aromatic rings. The van der Waals surface area contributed by atoms with Crippen molar-refractivity contribution in [1.29, 1.82) is 0 Å². The van der Waals surface area contributed by atoms with Crippen LogP contribution in [0, 0.1) is 0 Å². The minimum Gasteiger partial charge on any atom is -0.478 e. The average molecular weight is 286 g/mol. The van der Waals surface area contributed by atoms with E-state index in [1.165, 1.54) is 18.5 Å². The van der Waals surface area contributed by atoms with E-state index < -0.39 is 5.97 Å². The molecular formula is C14H14N4O3. The largest absolute Gasteiger partial charge is 0.478 e. The highest BCUT2D eigenvalue weighted by molar-refractivity contribution is 5.95. The Kier molecular flexibility index (Phi) is 4.45. The SMILES string of the molecule is CC(NC(=O)c1cncc(/C=C/C(=O)O)c1)c1ncc[nH]1. The molecule has 0 fully saturated rings. The quantitative estimate of drug-likeness (QED) is 0.720. The van der Waals surface area contributed by atoms with E-state index in [4.69, 9.17) is 5.11 Å². The number of H-pyrrole nitrogens is 1. The van der Waals surface area contributed by atoms with Crippen molar-refractivity contribution in [2.75, 3.05) is 0 Å². The molecule has 21 heavy (non-hydrogen) atoms. The molecule has 2 rings (SSSR count). The van der Waals surface area contributed by atoms with Gasteiger partial charge >= 0.3 is 5.97 Å². The Morgan fingerprint density at radius 2 is 2.24 bits per heavy atom. The zero-order valence-corrected chi connectivity index (χ0v) is 11.3. The van der Waals surface area contributed by atoms with Crippen LogP contribution in [-0.4, -0.2) is 31.9 Å². The first kappa shape index (κ1) is 14.4. The first-order valence-corrected chi connectivity index (χ1v) is 6.22. The van der Waals surface area contributed by atoms with Crippen molar-refractivity contribution in [3.05, 3.63) is 53.9 Å². The second-order valence-electron chi connectivity index (χ2n) is 4.35. The second-order valence-corrected chi connectivity index (χ2v) is 4.35. The zero-order chi connectivity index (χ0) is 15.2. The normalized spacial score (nSPS) is 12.2. The van der Waals surface area contributed by atoms with Crippen LogP contribution >= 0.6 is 0 Å². The van der Waals surface area contributed by atoms with E-state index in [0.29, 0.717) is 17.0 Å². The fourth-order valence-corrected chi connectivity index (χ4v) is 1.70. The fraction of sp³-hybridized carbons (Fsp3) is 0.143. The monoisotopic (exact) mass is 286 g/mol. The molecule has 0 radical (unpaired) electrons. The number of carbonyl (C=O) groups excluding carboxylic acids is 1. The number of pyridine rings is 1. The summed E-state index contributed by atoms with van der Waals surface area (Å²) in [6.07, 6.45) is 8.55. The summed E-state index contributed by atoms with van der Waals surface area (Å²) in [6.45, 7) is 1.80. The summed E-state index contributed by atoms with van der Waals surface area (Å²) in [5, 5.41) is 11.4. The first-order chi connectivity index (χ1) is 10.1. The lowest BCUT2D eigenvalue weighted by Crippen LogP contribution is -2.27. The minimum atomic E-state index is -1.06. The van der Waals surface area contributed by atoms with Gasteiger partial charge in [-0.3, -0.25) is 9.78 Å². The van der Waals surface area contributed by atoms with E-state index in [-0.39, 0.29) is 11.9 Å². The summed E-state index contributed by atoms with van der Waals surface area (Å²) in [5.74, 6) is -0.716. The number of aromatic amines is 1. The van der Waals surface area contributed by atoms with Gasteiger partial charge in [0.1, 0.15) is 5.82 Å². The maximum Gasteiger partial charge on any atom is 0.328 e. The fourth-order valence-electron chi connectivity index (χ4n) is 1.70. The van der Waals surface area contributed by atoms with Gasteiger partial charge in [-0.25, -0.2) is 9.78 Å². The van der Waals surface area contributed by atoms with E-state index in [1.54, 1.807) is 25.4 Å². The average Bonchev–Trinajstić information content (AvgIpc) is 2.99. The molecule has 1 atom stereocenters. The molecule has 1 amide bonds. The number of hydrogen-bond acceptors (Lipinski definition) is 4. The van der Waals surface area contributed by atoms with Gasteiger partial charge in [-0.2, -0.15) is 0 Å². The Morgan fingerprint density at radius 1 is 1.43 bits per heavy atom. The third kappa shape index (κ3) is 4.00. The van der Waals surface area contributed by atoms with Gasteiger partial charge in [-0.1, -0.05) is 0 Å². The number of nitrogens with zero attached hydrogens (tertiary/aromatic N) is 2. The van der Waals surface area contributed by atoms with E-state index in [9.17, 15) is 9.59 Å². The molecule has 0 aliphatic rings. The summed E-state index contributed by atoms with van der Waals surface area (Å²) < 4.78 is 0. The molecule has 0 aliphatic carbocycles. The molecule has 0 aliphatic heterocycles. The Bertz CT molecular complexity index is 665. The topological polar surface area (TPSA) is 108 Å². The smallest absolute Gasteiger partial charge is 0.328 e. The Hall–Kier alpha value is -2.96. The van der Waals surface area contributed by atoms with E-state index in [1.807, 2.05) is 0 Å². The molecular weight excluding hydrogens is 272 g/mol. The molecule has 0 bridgehead atoms. The Labute approximate surface area is 120 Å². The van der Waals surface area contributed by atoms with E-state index >= 15 is 0 Å². The zero-order valence-electron chi connectivity index (χ0n) is 11.3. The predicted octanol–water partition coefficient (Wildman–Crippen LogP) is 1.39. The van der Waals surface area contributed by atoms with Crippen molar-refractivity contribution in [3.8, 4) is 0 Å². The van der Waals surface area contributed by atoms with Crippen molar-refractivity contribution in [2.45, 2.75) is 13.0 Å².